The summed E-state index contributed by atoms with van der Waals surface area (Å²) in [6.07, 6.45) is 0.982. The van der Waals surface area contributed by atoms with Crippen molar-refractivity contribution in [2.75, 3.05) is 34.4 Å². The van der Waals surface area contributed by atoms with Gasteiger partial charge in [0.1, 0.15) is 0 Å². The Morgan fingerprint density at radius 2 is 1.80 bits per heavy atom. The number of nitrogens with zero attached hydrogens (tertiary/aromatic N) is 1. The van der Waals surface area contributed by atoms with Gasteiger partial charge in [-0.1, -0.05) is 43.3 Å². The lowest BCUT2D eigenvalue weighted by atomic mass is 10.1. The zero-order valence-electron chi connectivity index (χ0n) is 15.8. The van der Waals surface area contributed by atoms with E-state index in [1.165, 1.54) is 11.1 Å². The Balaban J connectivity index is 2.06. The number of hydrogen-bond donors (Lipinski definition) is 1. The van der Waals surface area contributed by atoms with E-state index in [9.17, 15) is 0 Å². The summed E-state index contributed by atoms with van der Waals surface area (Å²) < 4.78 is 11.2. The summed E-state index contributed by atoms with van der Waals surface area (Å²) in [6.45, 7) is 4.52. The lowest BCUT2D eigenvalue weighted by Gasteiger charge is -2.23. The zero-order valence-corrected chi connectivity index (χ0v) is 15.8. The minimum Gasteiger partial charge on any atom is -0.493 e. The fourth-order valence-electron chi connectivity index (χ4n) is 2.73. The smallest absolute Gasteiger partial charge is 0.161 e. The van der Waals surface area contributed by atoms with Crippen LogP contribution in [-0.4, -0.2) is 39.3 Å². The number of likely N-dealkylation sites (N-methyl/N-ethyl adjacent to an activating group) is 1. The summed E-state index contributed by atoms with van der Waals surface area (Å²) in [5.74, 6) is 1.60. The van der Waals surface area contributed by atoms with E-state index in [0.29, 0.717) is 6.61 Å². The van der Waals surface area contributed by atoms with Crippen molar-refractivity contribution < 1.29 is 9.47 Å². The summed E-state index contributed by atoms with van der Waals surface area (Å²) in [7, 11) is 5.88. The molecule has 0 aliphatic carbocycles. The predicted octanol–water partition coefficient (Wildman–Crippen LogP) is 3.88. The highest BCUT2D eigenvalue weighted by Crippen LogP contribution is 2.28. The molecule has 1 atom stereocenters. The molecule has 0 aliphatic heterocycles. The van der Waals surface area contributed by atoms with Crippen molar-refractivity contribution in [2.24, 2.45) is 0 Å². The van der Waals surface area contributed by atoms with E-state index >= 15 is 0 Å². The average molecular weight is 342 g/mol. The quantitative estimate of drug-likeness (QED) is 0.710. The highest BCUT2D eigenvalue weighted by atomic mass is 16.5. The molecule has 0 bridgehead atoms. The number of ether oxygens (including phenoxy) is 2. The summed E-state index contributed by atoms with van der Waals surface area (Å²) in [6, 6.07) is 17.0. The Kier molecular flexibility index (Phi) is 7.76. The van der Waals surface area contributed by atoms with E-state index in [-0.39, 0.29) is 6.04 Å². The van der Waals surface area contributed by atoms with E-state index in [4.69, 9.17) is 9.47 Å². The summed E-state index contributed by atoms with van der Waals surface area (Å²) in [5.41, 5.74) is 2.48. The van der Waals surface area contributed by atoms with E-state index in [1.54, 1.807) is 7.11 Å². The molecule has 0 fully saturated rings. The van der Waals surface area contributed by atoms with Gasteiger partial charge in [-0.3, -0.25) is 0 Å². The molecule has 0 radical (unpaired) electrons. The first-order chi connectivity index (χ1) is 12.1. The van der Waals surface area contributed by atoms with Gasteiger partial charge >= 0.3 is 0 Å². The summed E-state index contributed by atoms with van der Waals surface area (Å²) in [4.78, 5) is 2.20. The van der Waals surface area contributed by atoms with Crippen LogP contribution < -0.4 is 14.8 Å². The van der Waals surface area contributed by atoms with Crippen LogP contribution in [0.5, 0.6) is 11.5 Å². The van der Waals surface area contributed by atoms with Crippen molar-refractivity contribution in [2.45, 2.75) is 25.9 Å². The molecule has 0 saturated heterocycles. The van der Waals surface area contributed by atoms with Gasteiger partial charge in [0, 0.05) is 19.1 Å². The number of hydrogen-bond acceptors (Lipinski definition) is 4. The van der Waals surface area contributed by atoms with Crippen LogP contribution in [0.4, 0.5) is 0 Å². The van der Waals surface area contributed by atoms with Gasteiger partial charge in [-0.25, -0.2) is 0 Å². The maximum atomic E-state index is 5.73. The van der Waals surface area contributed by atoms with Gasteiger partial charge in [0.15, 0.2) is 11.5 Å². The second-order valence-corrected chi connectivity index (χ2v) is 6.44. The van der Waals surface area contributed by atoms with Gasteiger partial charge in [-0.05, 0) is 43.8 Å². The molecule has 25 heavy (non-hydrogen) atoms. The Labute approximate surface area is 151 Å². The summed E-state index contributed by atoms with van der Waals surface area (Å²) >= 11 is 0. The highest BCUT2D eigenvalue weighted by Gasteiger charge is 2.13. The van der Waals surface area contributed by atoms with Gasteiger partial charge in [0.2, 0.25) is 0 Å². The minimum absolute atomic E-state index is 0.276. The summed E-state index contributed by atoms with van der Waals surface area (Å²) in [5, 5.41) is 3.66. The van der Waals surface area contributed by atoms with Crippen LogP contribution in [0.25, 0.3) is 0 Å². The van der Waals surface area contributed by atoms with Crippen LogP contribution in [0.1, 0.15) is 30.5 Å². The molecule has 2 aromatic carbocycles. The molecule has 0 saturated carbocycles. The lowest BCUT2D eigenvalue weighted by molar-refractivity contribution is 0.294. The van der Waals surface area contributed by atoms with Crippen molar-refractivity contribution >= 4 is 0 Å². The van der Waals surface area contributed by atoms with E-state index < -0.39 is 0 Å². The number of nitrogens with one attached hydrogen (secondary N) is 1. The molecule has 0 spiro atoms. The Bertz CT molecular complexity index is 629. The Hall–Kier alpha value is -2.04. The number of methoxy groups -OCH3 is 1. The third-order valence-electron chi connectivity index (χ3n) is 3.99. The third kappa shape index (κ3) is 6.07. The number of rotatable bonds is 10. The molecule has 136 valence electrons. The first-order valence-electron chi connectivity index (χ1n) is 8.86. The molecule has 1 N–H and O–H groups in total. The van der Waals surface area contributed by atoms with Gasteiger partial charge in [-0.2, -0.15) is 0 Å². The standard InChI is InChI=1S/C21H30N2O2/c1-5-13-25-20-12-11-17(14-21(20)24-4)15-22-19(16-23(2)3)18-9-7-6-8-10-18/h6-12,14,19,22H,5,13,15-16H2,1-4H3. The van der Waals surface area contributed by atoms with E-state index in [2.05, 4.69) is 73.7 Å². The molecule has 0 aliphatic rings. The minimum atomic E-state index is 0.276. The monoisotopic (exact) mass is 342 g/mol. The van der Waals surface area contributed by atoms with Crippen LogP contribution in [0, 0.1) is 0 Å². The normalized spacial score (nSPS) is 12.2. The zero-order chi connectivity index (χ0) is 18.1. The van der Waals surface area contributed by atoms with E-state index in [0.717, 1.165) is 31.0 Å². The van der Waals surface area contributed by atoms with Gasteiger partial charge in [-0.15, -0.1) is 0 Å². The average Bonchev–Trinajstić information content (AvgIpc) is 2.64. The van der Waals surface area contributed by atoms with Crippen LogP contribution in [-0.2, 0) is 6.54 Å². The van der Waals surface area contributed by atoms with Crippen LogP contribution >= 0.6 is 0 Å². The second kappa shape index (κ2) is 10.1. The maximum Gasteiger partial charge on any atom is 0.161 e. The van der Waals surface area contributed by atoms with Crippen LogP contribution in [0.3, 0.4) is 0 Å². The Morgan fingerprint density at radius 1 is 1.04 bits per heavy atom. The van der Waals surface area contributed by atoms with Crippen molar-refractivity contribution in [3.8, 4) is 11.5 Å². The first kappa shape index (κ1) is 19.3. The van der Waals surface area contributed by atoms with Crippen LogP contribution in [0.2, 0.25) is 0 Å². The second-order valence-electron chi connectivity index (χ2n) is 6.44. The Morgan fingerprint density at radius 3 is 2.44 bits per heavy atom. The molecule has 4 heteroatoms. The third-order valence-corrected chi connectivity index (χ3v) is 3.99. The van der Waals surface area contributed by atoms with E-state index in [1.807, 2.05) is 6.07 Å². The molecular weight excluding hydrogens is 312 g/mol. The first-order valence-corrected chi connectivity index (χ1v) is 8.86. The fraction of sp³-hybridized carbons (Fsp3) is 0.429. The molecule has 2 rings (SSSR count). The highest BCUT2D eigenvalue weighted by molar-refractivity contribution is 5.43. The van der Waals surface area contributed by atoms with Crippen molar-refractivity contribution in [3.05, 3.63) is 59.7 Å². The molecule has 0 aromatic heterocycles. The SMILES string of the molecule is CCCOc1ccc(CNC(CN(C)C)c2ccccc2)cc1OC. The molecule has 2 aromatic rings. The number of benzene rings is 2. The van der Waals surface area contributed by atoms with Gasteiger partial charge < -0.3 is 19.7 Å². The molecule has 1 unspecified atom stereocenters. The van der Waals surface area contributed by atoms with Crippen LogP contribution in [0.15, 0.2) is 48.5 Å². The lowest BCUT2D eigenvalue weighted by Crippen LogP contribution is -2.30. The molecule has 0 amide bonds. The molecule has 0 heterocycles. The van der Waals surface area contributed by atoms with Crippen molar-refractivity contribution in [1.82, 2.24) is 10.2 Å². The van der Waals surface area contributed by atoms with Gasteiger partial charge in [0.25, 0.3) is 0 Å². The van der Waals surface area contributed by atoms with Gasteiger partial charge in [0.05, 0.1) is 13.7 Å². The topological polar surface area (TPSA) is 33.7 Å². The van der Waals surface area contributed by atoms with Crippen molar-refractivity contribution in [3.63, 3.8) is 0 Å². The largest absolute Gasteiger partial charge is 0.493 e. The molecular formula is C21H30N2O2. The van der Waals surface area contributed by atoms with Crippen molar-refractivity contribution in [1.29, 1.82) is 0 Å². The molecule has 4 nitrogen and oxygen atoms in total. The maximum absolute atomic E-state index is 5.73. The fourth-order valence-corrected chi connectivity index (χ4v) is 2.73. The predicted molar refractivity (Wildman–Crippen MR) is 103 cm³/mol.